The molecule has 35 heavy (non-hydrogen) atoms. The third-order valence-electron chi connectivity index (χ3n) is 5.91. The highest BCUT2D eigenvalue weighted by molar-refractivity contribution is 6.21. The molecule has 1 atom stereocenters. The van der Waals surface area contributed by atoms with Crippen molar-refractivity contribution in [1.82, 2.24) is 10.3 Å². The number of aromatic amines is 1. The zero-order chi connectivity index (χ0) is 24.4. The number of H-pyrrole nitrogens is 1. The summed E-state index contributed by atoms with van der Waals surface area (Å²) in [6, 6.07) is 26.5. The molecule has 4 aromatic rings. The average molecular weight is 465 g/mol. The molecule has 1 aromatic heterocycles. The minimum absolute atomic E-state index is 0.169. The van der Waals surface area contributed by atoms with Gasteiger partial charge < -0.3 is 21.0 Å². The van der Waals surface area contributed by atoms with E-state index in [1.807, 2.05) is 78.9 Å². The highest BCUT2D eigenvalue weighted by atomic mass is 16.2. The van der Waals surface area contributed by atoms with E-state index in [2.05, 4.69) is 15.4 Å². The lowest BCUT2D eigenvalue weighted by Crippen LogP contribution is -2.48. The second-order valence-corrected chi connectivity index (χ2v) is 8.30. The first kappa shape index (κ1) is 22.1. The molecule has 0 fully saturated rings. The molecular weight excluding hydrogens is 440 g/mol. The smallest absolute Gasteiger partial charge is 0.272 e. The highest BCUT2D eigenvalue weighted by Crippen LogP contribution is 2.28. The van der Waals surface area contributed by atoms with Crippen molar-refractivity contribution < 1.29 is 9.59 Å². The average Bonchev–Trinajstić information content (AvgIpc) is 3.30. The van der Waals surface area contributed by atoms with Gasteiger partial charge in [-0.05, 0) is 25.1 Å². The number of benzene rings is 3. The number of benzodiazepines with no additional fused rings is 1. The van der Waals surface area contributed by atoms with Gasteiger partial charge >= 0.3 is 0 Å². The van der Waals surface area contributed by atoms with Gasteiger partial charge in [0, 0.05) is 22.0 Å². The molecule has 8 heteroatoms. The van der Waals surface area contributed by atoms with E-state index in [0.29, 0.717) is 22.8 Å². The van der Waals surface area contributed by atoms with Crippen LogP contribution in [0.3, 0.4) is 0 Å². The van der Waals surface area contributed by atoms with Crippen LogP contribution in [0.5, 0.6) is 0 Å². The number of carbonyl (C=O) groups is 2. The van der Waals surface area contributed by atoms with Crippen LogP contribution in [0, 0.1) is 0 Å². The number of hydrazone groups is 1. The van der Waals surface area contributed by atoms with Crippen LogP contribution in [-0.2, 0) is 4.79 Å². The van der Waals surface area contributed by atoms with Gasteiger partial charge in [-0.1, -0.05) is 66.7 Å². The minimum atomic E-state index is -1.15. The quantitative estimate of drug-likeness (QED) is 0.239. The summed E-state index contributed by atoms with van der Waals surface area (Å²) in [6.45, 7) is 1.92. The van der Waals surface area contributed by atoms with Crippen molar-refractivity contribution in [2.45, 2.75) is 13.1 Å². The number of aromatic nitrogens is 1. The summed E-state index contributed by atoms with van der Waals surface area (Å²) < 4.78 is 0. The van der Waals surface area contributed by atoms with E-state index >= 15 is 0 Å². The lowest BCUT2D eigenvalue weighted by molar-refractivity contribution is -0.120. The van der Waals surface area contributed by atoms with Crippen molar-refractivity contribution in [2.24, 2.45) is 15.9 Å². The van der Waals surface area contributed by atoms with Gasteiger partial charge in [0.15, 0.2) is 0 Å². The van der Waals surface area contributed by atoms with Crippen molar-refractivity contribution in [3.63, 3.8) is 0 Å². The first-order valence-corrected chi connectivity index (χ1v) is 11.2. The maximum atomic E-state index is 13.8. The topological polar surface area (TPSA) is 116 Å². The highest BCUT2D eigenvalue weighted by Gasteiger charge is 2.33. The summed E-state index contributed by atoms with van der Waals surface area (Å²) in [6.07, 6.45) is -1.15. The monoisotopic (exact) mass is 464 g/mol. The van der Waals surface area contributed by atoms with Crippen LogP contribution in [0.25, 0.3) is 10.9 Å². The van der Waals surface area contributed by atoms with Crippen molar-refractivity contribution in [3.8, 4) is 0 Å². The summed E-state index contributed by atoms with van der Waals surface area (Å²) in [5.41, 5.74) is 4.65. The molecule has 5 rings (SSSR count). The van der Waals surface area contributed by atoms with Gasteiger partial charge in [0.05, 0.1) is 23.7 Å². The Hall–Kier alpha value is -4.72. The second-order valence-electron chi connectivity index (χ2n) is 8.30. The Morgan fingerprint density at radius 1 is 1.06 bits per heavy atom. The van der Waals surface area contributed by atoms with Crippen LogP contribution >= 0.6 is 0 Å². The number of nitrogens with one attached hydrogen (secondary N) is 2. The van der Waals surface area contributed by atoms with Crippen molar-refractivity contribution in [3.05, 3.63) is 102 Å². The third kappa shape index (κ3) is 4.29. The summed E-state index contributed by atoms with van der Waals surface area (Å²) in [5, 5.41) is 7.48. The van der Waals surface area contributed by atoms with Gasteiger partial charge in [-0.2, -0.15) is 5.10 Å². The molecule has 3 aromatic carbocycles. The molecular formula is C27H24N6O2. The van der Waals surface area contributed by atoms with Crippen LogP contribution in [0.1, 0.15) is 28.5 Å². The fourth-order valence-corrected chi connectivity index (χ4v) is 4.18. The molecule has 1 aliphatic rings. The zero-order valence-electron chi connectivity index (χ0n) is 19.1. The van der Waals surface area contributed by atoms with Crippen LogP contribution in [0.15, 0.2) is 95.0 Å². The lowest BCUT2D eigenvalue weighted by atomic mass is 10.00. The van der Waals surface area contributed by atoms with Gasteiger partial charge in [0.2, 0.25) is 6.17 Å². The van der Waals surface area contributed by atoms with Crippen molar-refractivity contribution in [2.75, 3.05) is 11.4 Å². The SMILES string of the molecule is CC(CN1C(=O)C(NC(=O)c2cc3ccccc3[nH]2)N=C(c2ccccc2)c2ccccc21)=NN. The molecule has 2 heterocycles. The van der Waals surface area contributed by atoms with Gasteiger partial charge in [-0.15, -0.1) is 0 Å². The molecule has 174 valence electrons. The predicted molar refractivity (Wildman–Crippen MR) is 138 cm³/mol. The van der Waals surface area contributed by atoms with Crippen LogP contribution in [0.2, 0.25) is 0 Å². The first-order valence-electron chi connectivity index (χ1n) is 11.2. The van der Waals surface area contributed by atoms with E-state index in [1.54, 1.807) is 17.9 Å². The van der Waals surface area contributed by atoms with E-state index in [-0.39, 0.29) is 12.5 Å². The fraction of sp³-hybridized carbons (Fsp3) is 0.111. The Labute approximate surface area is 202 Å². The van der Waals surface area contributed by atoms with E-state index in [1.165, 1.54) is 0 Å². The molecule has 0 saturated carbocycles. The number of rotatable bonds is 5. The molecule has 0 bridgehead atoms. The van der Waals surface area contributed by atoms with Gasteiger partial charge in [-0.25, -0.2) is 4.99 Å². The largest absolute Gasteiger partial charge is 0.351 e. The maximum absolute atomic E-state index is 13.8. The van der Waals surface area contributed by atoms with E-state index in [0.717, 1.165) is 22.0 Å². The number of nitrogens with two attached hydrogens (primary N) is 1. The molecule has 1 aliphatic heterocycles. The molecule has 0 saturated heterocycles. The number of carbonyl (C=O) groups excluding carboxylic acids is 2. The van der Waals surface area contributed by atoms with Crippen molar-refractivity contribution in [1.29, 1.82) is 0 Å². The number of nitrogens with zero attached hydrogens (tertiary/aromatic N) is 3. The normalized spacial score (nSPS) is 16.0. The summed E-state index contributed by atoms with van der Waals surface area (Å²) in [7, 11) is 0. The maximum Gasteiger partial charge on any atom is 0.272 e. The Bertz CT molecular complexity index is 1440. The number of amides is 2. The molecule has 2 amide bonds. The van der Waals surface area contributed by atoms with Crippen LogP contribution < -0.4 is 16.1 Å². The Kier molecular flexibility index (Phi) is 5.85. The summed E-state index contributed by atoms with van der Waals surface area (Å²) >= 11 is 0. The van der Waals surface area contributed by atoms with E-state index in [9.17, 15) is 9.59 Å². The first-order chi connectivity index (χ1) is 17.0. The minimum Gasteiger partial charge on any atom is -0.351 e. The number of fused-ring (bicyclic) bond motifs is 2. The number of aliphatic imine (C=N–C) groups is 1. The molecule has 8 nitrogen and oxygen atoms in total. The number of anilines is 1. The summed E-state index contributed by atoms with van der Waals surface area (Å²) in [5.74, 6) is 4.68. The van der Waals surface area contributed by atoms with Gasteiger partial charge in [-0.3, -0.25) is 9.59 Å². The zero-order valence-corrected chi connectivity index (χ0v) is 19.1. The molecule has 0 aliphatic carbocycles. The Morgan fingerprint density at radius 2 is 1.77 bits per heavy atom. The molecule has 0 spiro atoms. The van der Waals surface area contributed by atoms with E-state index < -0.39 is 12.1 Å². The van der Waals surface area contributed by atoms with Gasteiger partial charge in [0.1, 0.15) is 5.69 Å². The third-order valence-corrected chi connectivity index (χ3v) is 5.91. The van der Waals surface area contributed by atoms with Crippen LogP contribution in [0.4, 0.5) is 5.69 Å². The molecule has 1 unspecified atom stereocenters. The molecule has 0 radical (unpaired) electrons. The van der Waals surface area contributed by atoms with Crippen molar-refractivity contribution >= 4 is 39.8 Å². The summed E-state index contributed by atoms with van der Waals surface area (Å²) in [4.78, 5) is 36.4. The molecule has 4 N–H and O–H groups in total. The fourth-order valence-electron chi connectivity index (χ4n) is 4.18. The number of hydrogen-bond acceptors (Lipinski definition) is 5. The Balaban J connectivity index is 1.59. The van der Waals surface area contributed by atoms with E-state index in [4.69, 9.17) is 10.8 Å². The standard InChI is InChI=1S/C27H24N6O2/c1-17(32-28)16-33-23-14-8-6-12-20(23)24(18-9-3-2-4-10-18)30-25(27(33)35)31-26(34)22-15-19-11-5-7-13-21(19)29-22/h2-15,25,29H,16,28H2,1H3,(H,31,34). The second kappa shape index (κ2) is 9.26. The predicted octanol–water partition coefficient (Wildman–Crippen LogP) is 3.44. The Morgan fingerprint density at radius 3 is 2.54 bits per heavy atom. The van der Waals surface area contributed by atoms with Crippen LogP contribution in [-0.4, -0.2) is 40.9 Å². The lowest BCUT2D eigenvalue weighted by Gasteiger charge is -2.25. The number of para-hydroxylation sites is 2. The van der Waals surface area contributed by atoms with Gasteiger partial charge in [0.25, 0.3) is 11.8 Å². The number of hydrogen-bond donors (Lipinski definition) is 3.